The Morgan fingerprint density at radius 2 is 2.21 bits per heavy atom. The second-order valence-corrected chi connectivity index (χ2v) is 4.37. The van der Waals surface area contributed by atoms with Crippen LogP contribution in [-0.4, -0.2) is 12.0 Å². The highest BCUT2D eigenvalue weighted by molar-refractivity contribution is 5.20. The van der Waals surface area contributed by atoms with Gasteiger partial charge in [0.15, 0.2) is 5.89 Å². The Labute approximate surface area is 83.9 Å². The van der Waals surface area contributed by atoms with Gasteiger partial charge >= 0.3 is 0 Å². The topological polar surface area (TPSA) is 38.1 Å². The van der Waals surface area contributed by atoms with Crippen molar-refractivity contribution >= 4 is 0 Å². The number of aromatic nitrogens is 1. The Morgan fingerprint density at radius 3 is 2.93 bits per heavy atom. The normalized spacial score (nSPS) is 26.2. The molecule has 1 fully saturated rings. The van der Waals surface area contributed by atoms with Gasteiger partial charge in [-0.1, -0.05) is 0 Å². The van der Waals surface area contributed by atoms with E-state index in [9.17, 15) is 0 Å². The lowest BCUT2D eigenvalue weighted by Crippen LogP contribution is -2.20. The van der Waals surface area contributed by atoms with Crippen molar-refractivity contribution in [3.8, 4) is 0 Å². The third kappa shape index (κ3) is 1.27. The Morgan fingerprint density at radius 1 is 1.36 bits per heavy atom. The van der Waals surface area contributed by atoms with Gasteiger partial charge < -0.3 is 9.73 Å². The second-order valence-electron chi connectivity index (χ2n) is 4.37. The number of nitrogens with zero attached hydrogens (tertiary/aromatic N) is 1. The van der Waals surface area contributed by atoms with E-state index < -0.39 is 0 Å². The fourth-order valence-corrected chi connectivity index (χ4v) is 2.22. The molecule has 1 aromatic heterocycles. The van der Waals surface area contributed by atoms with Crippen LogP contribution in [0.2, 0.25) is 0 Å². The van der Waals surface area contributed by atoms with Crippen LogP contribution in [0, 0.1) is 0 Å². The van der Waals surface area contributed by atoms with E-state index in [4.69, 9.17) is 4.42 Å². The molecule has 0 bridgehead atoms. The Kier molecular flexibility index (Phi) is 1.87. The van der Waals surface area contributed by atoms with E-state index in [2.05, 4.69) is 10.3 Å². The van der Waals surface area contributed by atoms with E-state index in [1.165, 1.54) is 31.4 Å². The summed E-state index contributed by atoms with van der Waals surface area (Å²) < 4.78 is 5.86. The van der Waals surface area contributed by atoms with Gasteiger partial charge in [-0.3, -0.25) is 0 Å². The first kappa shape index (κ1) is 8.48. The van der Waals surface area contributed by atoms with Crippen LogP contribution in [0.25, 0.3) is 0 Å². The minimum atomic E-state index is 0.402. The molecule has 3 rings (SSSR count). The molecule has 0 aliphatic heterocycles. The lowest BCUT2D eigenvalue weighted by atomic mass is 9.97. The molecule has 1 aromatic rings. The first-order valence-corrected chi connectivity index (χ1v) is 5.55. The quantitative estimate of drug-likeness (QED) is 0.780. The van der Waals surface area contributed by atoms with Crippen LogP contribution < -0.4 is 5.32 Å². The highest BCUT2D eigenvalue weighted by Gasteiger charge is 2.32. The molecule has 2 aliphatic carbocycles. The zero-order valence-corrected chi connectivity index (χ0v) is 8.55. The van der Waals surface area contributed by atoms with Gasteiger partial charge in [-0.25, -0.2) is 4.98 Å². The van der Waals surface area contributed by atoms with E-state index in [-0.39, 0.29) is 0 Å². The molecule has 0 spiro atoms. The van der Waals surface area contributed by atoms with Crippen molar-refractivity contribution in [3.05, 3.63) is 17.3 Å². The summed E-state index contributed by atoms with van der Waals surface area (Å²) in [7, 11) is 2.00. The Hall–Kier alpha value is -0.830. The number of oxazole rings is 1. The molecule has 1 unspecified atom stereocenters. The van der Waals surface area contributed by atoms with Gasteiger partial charge in [0.2, 0.25) is 0 Å². The smallest absolute Gasteiger partial charge is 0.197 e. The first-order valence-electron chi connectivity index (χ1n) is 5.55. The third-order valence-corrected chi connectivity index (χ3v) is 3.24. The number of hydrogen-bond donors (Lipinski definition) is 1. The maximum Gasteiger partial charge on any atom is 0.197 e. The first-order chi connectivity index (χ1) is 6.88. The zero-order valence-electron chi connectivity index (χ0n) is 8.55. The summed E-state index contributed by atoms with van der Waals surface area (Å²) in [6.45, 7) is 0. The largest absolute Gasteiger partial charge is 0.443 e. The molecule has 76 valence electrons. The third-order valence-electron chi connectivity index (χ3n) is 3.24. The predicted octanol–water partition coefficient (Wildman–Crippen LogP) is 2.15. The molecule has 1 saturated carbocycles. The van der Waals surface area contributed by atoms with Crippen LogP contribution >= 0.6 is 0 Å². The minimum absolute atomic E-state index is 0.402. The van der Waals surface area contributed by atoms with Crippen molar-refractivity contribution in [1.82, 2.24) is 10.3 Å². The predicted molar refractivity (Wildman–Crippen MR) is 53.2 cm³/mol. The molecular formula is C11H16N2O. The van der Waals surface area contributed by atoms with Crippen LogP contribution in [0.15, 0.2) is 4.42 Å². The van der Waals surface area contributed by atoms with Crippen LogP contribution in [0.4, 0.5) is 0 Å². The fourth-order valence-electron chi connectivity index (χ4n) is 2.22. The van der Waals surface area contributed by atoms with Gasteiger partial charge in [-0.05, 0) is 39.2 Å². The van der Waals surface area contributed by atoms with Gasteiger partial charge in [0, 0.05) is 5.92 Å². The molecule has 1 N–H and O–H groups in total. The maximum absolute atomic E-state index is 5.86. The van der Waals surface area contributed by atoms with Crippen LogP contribution in [0.1, 0.15) is 55.0 Å². The molecule has 0 radical (unpaired) electrons. The lowest BCUT2D eigenvalue weighted by Gasteiger charge is -2.18. The minimum Gasteiger partial charge on any atom is -0.443 e. The summed E-state index contributed by atoms with van der Waals surface area (Å²) in [5.74, 6) is 2.75. The van der Waals surface area contributed by atoms with Gasteiger partial charge in [0.25, 0.3) is 0 Å². The summed E-state index contributed by atoms with van der Waals surface area (Å²) in [6, 6.07) is 0.402. The van der Waals surface area contributed by atoms with E-state index >= 15 is 0 Å². The molecule has 3 heteroatoms. The SMILES string of the molecule is CNC1CCCc2nc(C3CC3)oc21. The second kappa shape index (κ2) is 3.09. The fraction of sp³-hybridized carbons (Fsp3) is 0.727. The Bertz CT molecular complexity index is 341. The van der Waals surface area contributed by atoms with Crippen molar-refractivity contribution in [3.63, 3.8) is 0 Å². The van der Waals surface area contributed by atoms with E-state index in [1.807, 2.05) is 7.05 Å². The van der Waals surface area contributed by atoms with Crippen molar-refractivity contribution < 1.29 is 4.42 Å². The molecule has 2 aliphatic rings. The standard InChI is InChI=1S/C11H16N2O/c1-12-8-3-2-4-9-10(8)14-11(13-9)7-5-6-7/h7-8,12H,2-6H2,1H3. The average Bonchev–Trinajstić information content (AvgIpc) is 2.97. The van der Waals surface area contributed by atoms with Crippen molar-refractivity contribution in [1.29, 1.82) is 0 Å². The van der Waals surface area contributed by atoms with Crippen LogP contribution in [0.5, 0.6) is 0 Å². The summed E-state index contributed by atoms with van der Waals surface area (Å²) in [4.78, 5) is 4.60. The summed E-state index contributed by atoms with van der Waals surface area (Å²) in [5, 5.41) is 3.30. The number of hydrogen-bond acceptors (Lipinski definition) is 3. The Balaban J connectivity index is 1.95. The van der Waals surface area contributed by atoms with Crippen LogP contribution in [-0.2, 0) is 6.42 Å². The van der Waals surface area contributed by atoms with Crippen molar-refractivity contribution in [2.75, 3.05) is 7.05 Å². The number of fused-ring (bicyclic) bond motifs is 1. The van der Waals surface area contributed by atoms with E-state index in [1.54, 1.807) is 0 Å². The summed E-state index contributed by atoms with van der Waals surface area (Å²) in [5.41, 5.74) is 1.21. The molecule has 1 atom stereocenters. The highest BCUT2D eigenvalue weighted by Crippen LogP contribution is 2.42. The van der Waals surface area contributed by atoms with Crippen molar-refractivity contribution in [2.24, 2.45) is 0 Å². The van der Waals surface area contributed by atoms with Gasteiger partial charge in [0.1, 0.15) is 5.76 Å². The van der Waals surface area contributed by atoms with Gasteiger partial charge in [0.05, 0.1) is 11.7 Å². The van der Waals surface area contributed by atoms with Gasteiger partial charge in [-0.2, -0.15) is 0 Å². The number of aryl methyl sites for hydroxylation is 1. The van der Waals surface area contributed by atoms with E-state index in [0.29, 0.717) is 12.0 Å². The lowest BCUT2D eigenvalue weighted by molar-refractivity contribution is 0.369. The molecule has 0 saturated heterocycles. The number of rotatable bonds is 2. The van der Waals surface area contributed by atoms with Gasteiger partial charge in [-0.15, -0.1) is 0 Å². The molecule has 14 heavy (non-hydrogen) atoms. The molecule has 0 aromatic carbocycles. The highest BCUT2D eigenvalue weighted by atomic mass is 16.4. The maximum atomic E-state index is 5.86. The molecule has 0 amide bonds. The number of nitrogens with one attached hydrogen (secondary N) is 1. The van der Waals surface area contributed by atoms with Crippen molar-refractivity contribution in [2.45, 2.75) is 44.1 Å². The molecule has 3 nitrogen and oxygen atoms in total. The van der Waals surface area contributed by atoms with E-state index in [0.717, 1.165) is 18.1 Å². The average molecular weight is 192 g/mol. The van der Waals surface area contributed by atoms with Crippen LogP contribution in [0.3, 0.4) is 0 Å². The zero-order chi connectivity index (χ0) is 9.54. The summed E-state index contributed by atoms with van der Waals surface area (Å²) in [6.07, 6.45) is 6.05. The molecule has 1 heterocycles. The summed E-state index contributed by atoms with van der Waals surface area (Å²) >= 11 is 0. The monoisotopic (exact) mass is 192 g/mol. The molecular weight excluding hydrogens is 176 g/mol.